The van der Waals surface area contributed by atoms with Crippen LogP contribution in [0.4, 0.5) is 11.4 Å². The molecule has 4 heteroatoms. The van der Waals surface area contributed by atoms with Gasteiger partial charge in [-0.15, -0.1) is 0 Å². The summed E-state index contributed by atoms with van der Waals surface area (Å²) >= 11 is 0. The first-order valence-electron chi connectivity index (χ1n) is 8.22. The van der Waals surface area contributed by atoms with Crippen molar-refractivity contribution < 1.29 is 4.79 Å². The topological polar surface area (TPSA) is 44.4 Å². The van der Waals surface area contributed by atoms with Crippen LogP contribution < -0.4 is 15.5 Å². The van der Waals surface area contributed by atoms with Gasteiger partial charge in [-0.3, -0.25) is 4.79 Å². The standard InChI is InChI=1S/C17H25N3O/c21-17-16(6-2-3-11-18-17)19-14-7-9-15(10-8-14)20-12-4-1-5-13-20/h7-10,16,19H,1-6,11-13H2,(H,18,21). The van der Waals surface area contributed by atoms with Crippen LogP contribution in [-0.2, 0) is 4.79 Å². The molecule has 0 spiro atoms. The second-order valence-electron chi connectivity index (χ2n) is 6.08. The first-order chi connectivity index (χ1) is 10.3. The second-order valence-corrected chi connectivity index (χ2v) is 6.08. The highest BCUT2D eigenvalue weighted by molar-refractivity contribution is 5.84. The summed E-state index contributed by atoms with van der Waals surface area (Å²) in [5.74, 6) is 0.132. The second kappa shape index (κ2) is 6.83. The minimum Gasteiger partial charge on any atom is -0.374 e. The number of hydrogen-bond acceptors (Lipinski definition) is 3. The summed E-state index contributed by atoms with van der Waals surface area (Å²) in [4.78, 5) is 14.4. The molecule has 0 saturated carbocycles. The van der Waals surface area contributed by atoms with Gasteiger partial charge in [0.2, 0.25) is 5.91 Å². The van der Waals surface area contributed by atoms with Crippen molar-refractivity contribution in [3.8, 4) is 0 Å². The van der Waals surface area contributed by atoms with Crippen LogP contribution in [-0.4, -0.2) is 31.6 Å². The molecule has 2 N–H and O–H groups in total. The number of amides is 1. The molecule has 0 bridgehead atoms. The van der Waals surface area contributed by atoms with E-state index in [-0.39, 0.29) is 11.9 Å². The highest BCUT2D eigenvalue weighted by atomic mass is 16.2. The molecule has 1 aromatic carbocycles. The number of anilines is 2. The lowest BCUT2D eigenvalue weighted by molar-refractivity contribution is -0.121. The van der Waals surface area contributed by atoms with Crippen LogP contribution in [0.1, 0.15) is 38.5 Å². The van der Waals surface area contributed by atoms with Crippen LogP contribution in [0.15, 0.2) is 24.3 Å². The van der Waals surface area contributed by atoms with Gasteiger partial charge >= 0.3 is 0 Å². The Morgan fingerprint density at radius 3 is 2.52 bits per heavy atom. The fourth-order valence-electron chi connectivity index (χ4n) is 3.20. The fraction of sp³-hybridized carbons (Fsp3) is 0.588. The van der Waals surface area contributed by atoms with Gasteiger partial charge in [0, 0.05) is 31.0 Å². The lowest BCUT2D eigenvalue weighted by atomic mass is 10.1. The molecule has 1 amide bonds. The maximum atomic E-state index is 12.0. The van der Waals surface area contributed by atoms with Gasteiger partial charge in [-0.1, -0.05) is 0 Å². The number of benzene rings is 1. The monoisotopic (exact) mass is 287 g/mol. The highest BCUT2D eigenvalue weighted by Gasteiger charge is 2.20. The van der Waals surface area contributed by atoms with Crippen LogP contribution in [0, 0.1) is 0 Å². The number of nitrogens with one attached hydrogen (secondary N) is 2. The van der Waals surface area contributed by atoms with Crippen LogP contribution in [0.25, 0.3) is 0 Å². The lowest BCUT2D eigenvalue weighted by Crippen LogP contribution is -2.37. The molecule has 2 aliphatic rings. The smallest absolute Gasteiger partial charge is 0.242 e. The Morgan fingerprint density at radius 2 is 1.76 bits per heavy atom. The van der Waals surface area contributed by atoms with Crippen molar-refractivity contribution in [2.75, 3.05) is 29.9 Å². The summed E-state index contributed by atoms with van der Waals surface area (Å²) in [7, 11) is 0. The van der Waals surface area contributed by atoms with Crippen LogP contribution in [0.3, 0.4) is 0 Å². The van der Waals surface area contributed by atoms with Gasteiger partial charge in [0.05, 0.1) is 0 Å². The van der Waals surface area contributed by atoms with Gasteiger partial charge < -0.3 is 15.5 Å². The Morgan fingerprint density at radius 1 is 1.00 bits per heavy atom. The molecule has 2 aliphatic heterocycles. The van der Waals surface area contributed by atoms with E-state index in [1.807, 2.05) is 0 Å². The molecule has 2 saturated heterocycles. The Labute approximate surface area is 126 Å². The zero-order valence-electron chi connectivity index (χ0n) is 12.6. The Kier molecular flexibility index (Phi) is 4.63. The summed E-state index contributed by atoms with van der Waals surface area (Å²) < 4.78 is 0. The van der Waals surface area contributed by atoms with E-state index in [2.05, 4.69) is 39.8 Å². The molecule has 1 aromatic rings. The van der Waals surface area contributed by atoms with E-state index >= 15 is 0 Å². The van der Waals surface area contributed by atoms with Crippen molar-refractivity contribution in [1.82, 2.24) is 5.32 Å². The quantitative estimate of drug-likeness (QED) is 0.898. The minimum atomic E-state index is -0.0895. The van der Waals surface area contributed by atoms with E-state index in [0.717, 1.165) is 44.6 Å². The van der Waals surface area contributed by atoms with Gasteiger partial charge in [0.1, 0.15) is 6.04 Å². The summed E-state index contributed by atoms with van der Waals surface area (Å²) in [5, 5.41) is 6.34. The maximum Gasteiger partial charge on any atom is 0.242 e. The third-order valence-corrected chi connectivity index (χ3v) is 4.46. The molecular formula is C17H25N3O. The number of carbonyl (C=O) groups excluding carboxylic acids is 1. The van der Waals surface area contributed by atoms with Crippen molar-refractivity contribution in [1.29, 1.82) is 0 Å². The number of hydrogen-bond donors (Lipinski definition) is 2. The fourth-order valence-corrected chi connectivity index (χ4v) is 3.20. The number of carbonyl (C=O) groups is 1. The van der Waals surface area contributed by atoms with Crippen LogP contribution >= 0.6 is 0 Å². The van der Waals surface area contributed by atoms with Gasteiger partial charge in [-0.2, -0.15) is 0 Å². The zero-order valence-corrected chi connectivity index (χ0v) is 12.6. The molecular weight excluding hydrogens is 262 g/mol. The molecule has 114 valence electrons. The number of piperidine rings is 1. The number of rotatable bonds is 3. The van der Waals surface area contributed by atoms with Crippen molar-refractivity contribution in [2.45, 2.75) is 44.6 Å². The molecule has 0 aromatic heterocycles. The van der Waals surface area contributed by atoms with Crippen LogP contribution in [0.5, 0.6) is 0 Å². The summed E-state index contributed by atoms with van der Waals surface area (Å²) in [5.41, 5.74) is 2.34. The van der Waals surface area contributed by atoms with Gasteiger partial charge in [-0.25, -0.2) is 0 Å². The van der Waals surface area contributed by atoms with Crippen molar-refractivity contribution in [2.24, 2.45) is 0 Å². The van der Waals surface area contributed by atoms with Gasteiger partial charge in [0.15, 0.2) is 0 Å². The predicted octanol–water partition coefficient (Wildman–Crippen LogP) is 2.76. The Balaban J connectivity index is 1.62. The van der Waals surface area contributed by atoms with E-state index in [1.54, 1.807) is 0 Å². The molecule has 4 nitrogen and oxygen atoms in total. The average Bonchev–Trinajstić information content (AvgIpc) is 2.74. The van der Waals surface area contributed by atoms with E-state index in [0.29, 0.717) is 0 Å². The summed E-state index contributed by atoms with van der Waals surface area (Å²) in [6.07, 6.45) is 7.04. The van der Waals surface area contributed by atoms with Gasteiger partial charge in [-0.05, 0) is 62.8 Å². The molecule has 3 rings (SSSR count). The van der Waals surface area contributed by atoms with Crippen molar-refractivity contribution in [3.63, 3.8) is 0 Å². The summed E-state index contributed by atoms with van der Waals surface area (Å²) in [6, 6.07) is 8.45. The molecule has 2 fully saturated rings. The third-order valence-electron chi connectivity index (χ3n) is 4.46. The summed E-state index contributed by atoms with van der Waals surface area (Å²) in [6.45, 7) is 3.14. The highest BCUT2D eigenvalue weighted by Crippen LogP contribution is 2.22. The third kappa shape index (κ3) is 3.69. The minimum absolute atomic E-state index is 0.0895. The molecule has 0 radical (unpaired) electrons. The van der Waals surface area contributed by atoms with E-state index in [9.17, 15) is 4.79 Å². The van der Waals surface area contributed by atoms with Crippen molar-refractivity contribution in [3.05, 3.63) is 24.3 Å². The molecule has 2 heterocycles. The average molecular weight is 287 g/mol. The van der Waals surface area contributed by atoms with Crippen LogP contribution in [0.2, 0.25) is 0 Å². The van der Waals surface area contributed by atoms with Gasteiger partial charge in [0.25, 0.3) is 0 Å². The molecule has 1 unspecified atom stereocenters. The predicted molar refractivity (Wildman–Crippen MR) is 86.8 cm³/mol. The largest absolute Gasteiger partial charge is 0.374 e. The Bertz CT molecular complexity index is 465. The zero-order chi connectivity index (χ0) is 14.5. The first kappa shape index (κ1) is 14.2. The molecule has 0 aliphatic carbocycles. The normalized spacial score (nSPS) is 23.3. The van der Waals surface area contributed by atoms with Crippen molar-refractivity contribution >= 4 is 17.3 Å². The Hall–Kier alpha value is -1.71. The van der Waals surface area contributed by atoms with E-state index < -0.39 is 0 Å². The van der Waals surface area contributed by atoms with E-state index in [4.69, 9.17) is 0 Å². The molecule has 21 heavy (non-hydrogen) atoms. The molecule has 1 atom stereocenters. The maximum absolute atomic E-state index is 12.0. The SMILES string of the molecule is O=C1NCCCCC1Nc1ccc(N2CCCCC2)cc1. The lowest BCUT2D eigenvalue weighted by Gasteiger charge is -2.29. The van der Waals surface area contributed by atoms with E-state index in [1.165, 1.54) is 24.9 Å². The number of nitrogens with zero attached hydrogens (tertiary/aromatic N) is 1. The first-order valence-corrected chi connectivity index (χ1v) is 8.22.